The molecule has 0 aromatic heterocycles. The molecule has 0 fully saturated rings. The molecule has 3 aromatic carbocycles. The number of ketones is 1. The van der Waals surface area contributed by atoms with Crippen molar-refractivity contribution in [2.45, 2.75) is 20.0 Å². The molecule has 0 saturated heterocycles. The number of amides is 2. The fourth-order valence-corrected chi connectivity index (χ4v) is 3.44. The van der Waals surface area contributed by atoms with Gasteiger partial charge in [0.25, 0.3) is 5.91 Å². The summed E-state index contributed by atoms with van der Waals surface area (Å²) in [6, 6.07) is 16.7. The number of ether oxygens (including phenoxy) is 1. The maximum atomic E-state index is 12.7. The van der Waals surface area contributed by atoms with Crippen molar-refractivity contribution in [2.24, 2.45) is 5.92 Å². The number of hydroxylamine groups is 1. The Morgan fingerprint density at radius 1 is 0.970 bits per heavy atom. The number of anilines is 1. The lowest BCUT2D eigenvalue weighted by Gasteiger charge is -2.24. The van der Waals surface area contributed by atoms with Crippen molar-refractivity contribution in [1.82, 2.24) is 5.48 Å². The summed E-state index contributed by atoms with van der Waals surface area (Å²) in [4.78, 5) is 35.6. The Morgan fingerprint density at radius 2 is 1.64 bits per heavy atom. The van der Waals surface area contributed by atoms with Gasteiger partial charge in [0.2, 0.25) is 0 Å². The summed E-state index contributed by atoms with van der Waals surface area (Å²) in [5.74, 6) is -1.19. The van der Waals surface area contributed by atoms with Gasteiger partial charge in [0, 0.05) is 34.2 Å². The minimum absolute atomic E-state index is 0.0871. The van der Waals surface area contributed by atoms with E-state index in [0.717, 1.165) is 6.08 Å². The molecule has 170 valence electrons. The van der Waals surface area contributed by atoms with E-state index in [1.807, 2.05) is 0 Å². The third-order valence-corrected chi connectivity index (χ3v) is 5.15. The lowest BCUT2D eigenvalue weighted by Crippen LogP contribution is -2.22. The molecule has 0 heterocycles. The van der Waals surface area contributed by atoms with Gasteiger partial charge in [-0.15, -0.1) is 0 Å². The SMILES string of the molecule is CC(=O)c1ccc(NC(=O)O[C@@H](c2ccc(O)c3ccccc23)[C@@H](C)/C=C/C(=O)NO)cc1. The van der Waals surface area contributed by atoms with Gasteiger partial charge in [-0.3, -0.25) is 20.1 Å². The quantitative estimate of drug-likeness (QED) is 0.179. The maximum absolute atomic E-state index is 12.7. The predicted octanol–water partition coefficient (Wildman–Crippen LogP) is 4.74. The minimum Gasteiger partial charge on any atom is -0.507 e. The van der Waals surface area contributed by atoms with Crippen LogP contribution in [-0.4, -0.2) is 28.1 Å². The standard InChI is InChI=1S/C25H24N2O6/c1-15(7-14-23(30)27-32)24(21-12-13-22(29)20-6-4-3-5-19(20)21)33-25(31)26-18-10-8-17(9-11-18)16(2)28/h3-15,24,29,32H,1-2H3,(H,26,31)(H,27,30)/b14-7+/t15-,24+/m0/s1. The molecule has 2 atom stereocenters. The van der Waals surface area contributed by atoms with Crippen molar-refractivity contribution >= 4 is 34.2 Å². The Hall–Kier alpha value is -4.17. The Bertz CT molecular complexity index is 1200. The highest BCUT2D eigenvalue weighted by Crippen LogP contribution is 2.36. The third kappa shape index (κ3) is 5.75. The Morgan fingerprint density at radius 3 is 2.27 bits per heavy atom. The first-order chi connectivity index (χ1) is 15.8. The number of fused-ring (bicyclic) bond motifs is 1. The van der Waals surface area contributed by atoms with E-state index in [1.165, 1.54) is 24.5 Å². The Balaban J connectivity index is 1.91. The van der Waals surface area contributed by atoms with Crippen LogP contribution < -0.4 is 10.8 Å². The van der Waals surface area contributed by atoms with Gasteiger partial charge >= 0.3 is 6.09 Å². The molecule has 33 heavy (non-hydrogen) atoms. The molecule has 0 saturated carbocycles. The van der Waals surface area contributed by atoms with Gasteiger partial charge in [-0.05, 0) is 42.6 Å². The van der Waals surface area contributed by atoms with E-state index < -0.39 is 24.0 Å². The second-order valence-corrected chi connectivity index (χ2v) is 7.50. The molecule has 0 bridgehead atoms. The van der Waals surface area contributed by atoms with Gasteiger partial charge < -0.3 is 9.84 Å². The van der Waals surface area contributed by atoms with Crippen LogP contribution in [0.5, 0.6) is 5.75 Å². The summed E-state index contributed by atoms with van der Waals surface area (Å²) in [5.41, 5.74) is 3.11. The van der Waals surface area contributed by atoms with Gasteiger partial charge in [-0.1, -0.05) is 43.3 Å². The summed E-state index contributed by atoms with van der Waals surface area (Å²) in [6.07, 6.45) is 1.09. The second-order valence-electron chi connectivity index (χ2n) is 7.50. The molecular formula is C25H24N2O6. The van der Waals surface area contributed by atoms with E-state index in [0.29, 0.717) is 27.6 Å². The van der Waals surface area contributed by atoms with Crippen molar-refractivity contribution in [2.75, 3.05) is 5.32 Å². The number of aromatic hydroxyl groups is 1. The molecule has 0 unspecified atom stereocenters. The van der Waals surface area contributed by atoms with E-state index in [1.54, 1.807) is 61.5 Å². The monoisotopic (exact) mass is 448 g/mol. The van der Waals surface area contributed by atoms with E-state index in [4.69, 9.17) is 9.94 Å². The van der Waals surface area contributed by atoms with Crippen LogP contribution in [-0.2, 0) is 9.53 Å². The molecule has 2 amide bonds. The topological polar surface area (TPSA) is 125 Å². The highest BCUT2D eigenvalue weighted by atomic mass is 16.6. The first-order valence-electron chi connectivity index (χ1n) is 10.2. The molecule has 0 radical (unpaired) electrons. The molecular weight excluding hydrogens is 424 g/mol. The number of hydrogen-bond acceptors (Lipinski definition) is 6. The van der Waals surface area contributed by atoms with E-state index in [9.17, 15) is 19.5 Å². The Labute approximate surface area is 190 Å². The van der Waals surface area contributed by atoms with Crippen LogP contribution >= 0.6 is 0 Å². The average molecular weight is 448 g/mol. The van der Waals surface area contributed by atoms with Crippen LogP contribution in [0.25, 0.3) is 10.8 Å². The lowest BCUT2D eigenvalue weighted by molar-refractivity contribution is -0.124. The smallest absolute Gasteiger partial charge is 0.412 e. The number of carbonyl (C=O) groups excluding carboxylic acids is 3. The number of carbonyl (C=O) groups is 3. The predicted molar refractivity (Wildman–Crippen MR) is 123 cm³/mol. The van der Waals surface area contributed by atoms with Gasteiger partial charge in [0.1, 0.15) is 11.9 Å². The number of nitrogens with one attached hydrogen (secondary N) is 2. The summed E-state index contributed by atoms with van der Waals surface area (Å²) in [7, 11) is 0. The molecule has 8 nitrogen and oxygen atoms in total. The van der Waals surface area contributed by atoms with Crippen LogP contribution in [0.3, 0.4) is 0 Å². The summed E-state index contributed by atoms with van der Waals surface area (Å²) >= 11 is 0. The zero-order valence-electron chi connectivity index (χ0n) is 18.1. The minimum atomic E-state index is -0.824. The van der Waals surface area contributed by atoms with Gasteiger partial charge in [0.05, 0.1) is 0 Å². The van der Waals surface area contributed by atoms with Gasteiger partial charge in [0.15, 0.2) is 5.78 Å². The molecule has 0 aliphatic heterocycles. The third-order valence-electron chi connectivity index (χ3n) is 5.15. The number of phenolic OH excluding ortho intramolecular Hbond substituents is 1. The van der Waals surface area contributed by atoms with E-state index in [-0.39, 0.29) is 11.5 Å². The van der Waals surface area contributed by atoms with Gasteiger partial charge in [-0.25, -0.2) is 10.3 Å². The number of Topliss-reactive ketones (excluding diaryl/α,β-unsaturated/α-hetero) is 1. The molecule has 0 spiro atoms. The largest absolute Gasteiger partial charge is 0.507 e. The van der Waals surface area contributed by atoms with Crippen molar-refractivity contribution in [3.05, 3.63) is 83.9 Å². The number of hydrogen-bond donors (Lipinski definition) is 4. The van der Waals surface area contributed by atoms with Crippen LogP contribution in [0.15, 0.2) is 72.8 Å². The molecule has 3 aromatic rings. The van der Waals surface area contributed by atoms with E-state index in [2.05, 4.69) is 5.32 Å². The van der Waals surface area contributed by atoms with Crippen molar-refractivity contribution in [3.8, 4) is 5.75 Å². The van der Waals surface area contributed by atoms with Crippen molar-refractivity contribution in [1.29, 1.82) is 0 Å². The maximum Gasteiger partial charge on any atom is 0.412 e. The fourth-order valence-electron chi connectivity index (χ4n) is 3.44. The van der Waals surface area contributed by atoms with Crippen LogP contribution in [0.1, 0.15) is 35.9 Å². The van der Waals surface area contributed by atoms with Crippen LogP contribution in [0, 0.1) is 5.92 Å². The molecule has 0 aliphatic rings. The number of rotatable bonds is 7. The van der Waals surface area contributed by atoms with Crippen LogP contribution in [0.2, 0.25) is 0 Å². The zero-order chi connectivity index (χ0) is 24.0. The molecule has 3 rings (SSSR count). The number of phenols is 1. The highest BCUT2D eigenvalue weighted by Gasteiger charge is 2.25. The molecule has 4 N–H and O–H groups in total. The highest BCUT2D eigenvalue weighted by molar-refractivity contribution is 5.95. The van der Waals surface area contributed by atoms with Crippen LogP contribution in [0.4, 0.5) is 10.5 Å². The summed E-state index contributed by atoms with van der Waals surface area (Å²) in [6.45, 7) is 3.21. The fraction of sp³-hybridized carbons (Fsp3) is 0.160. The zero-order valence-corrected chi connectivity index (χ0v) is 18.1. The van der Waals surface area contributed by atoms with Gasteiger partial charge in [-0.2, -0.15) is 0 Å². The lowest BCUT2D eigenvalue weighted by atomic mass is 9.92. The number of benzene rings is 3. The first-order valence-corrected chi connectivity index (χ1v) is 10.2. The summed E-state index contributed by atoms with van der Waals surface area (Å²) in [5, 5.41) is 22.9. The average Bonchev–Trinajstić information content (AvgIpc) is 2.82. The first kappa shape index (κ1) is 23.5. The van der Waals surface area contributed by atoms with Crippen molar-refractivity contribution in [3.63, 3.8) is 0 Å². The normalized spacial score (nSPS) is 12.8. The Kier molecular flexibility index (Phi) is 7.42. The molecule has 0 aliphatic carbocycles. The molecule has 8 heteroatoms. The van der Waals surface area contributed by atoms with E-state index >= 15 is 0 Å². The summed E-state index contributed by atoms with van der Waals surface area (Å²) < 4.78 is 5.75. The van der Waals surface area contributed by atoms with Crippen molar-refractivity contribution < 1.29 is 29.4 Å². The second kappa shape index (κ2) is 10.4.